The first-order valence-electron chi connectivity index (χ1n) is 8.43. The molecule has 4 nitrogen and oxygen atoms in total. The van der Waals surface area contributed by atoms with Gasteiger partial charge < -0.3 is 10.2 Å². The minimum absolute atomic E-state index is 0.0216. The van der Waals surface area contributed by atoms with E-state index in [1.54, 1.807) is 0 Å². The number of carbonyl (C=O) groups excluding carboxylic acids is 2. The summed E-state index contributed by atoms with van der Waals surface area (Å²) in [6.45, 7) is 8.63. The van der Waals surface area contributed by atoms with Gasteiger partial charge >= 0.3 is 0 Å². The van der Waals surface area contributed by atoms with E-state index in [9.17, 15) is 9.59 Å². The van der Waals surface area contributed by atoms with E-state index in [1.807, 2.05) is 32.6 Å². The lowest BCUT2D eigenvalue weighted by Gasteiger charge is -2.46. The molecule has 3 atom stereocenters. The summed E-state index contributed by atoms with van der Waals surface area (Å²) >= 11 is 0. The van der Waals surface area contributed by atoms with Crippen LogP contribution in [-0.2, 0) is 9.59 Å². The highest BCUT2D eigenvalue weighted by molar-refractivity contribution is 5.88. The maximum absolute atomic E-state index is 12.6. The second-order valence-electron chi connectivity index (χ2n) is 7.70. The highest BCUT2D eigenvalue weighted by Gasteiger charge is 2.41. The fourth-order valence-corrected chi connectivity index (χ4v) is 3.81. The van der Waals surface area contributed by atoms with Gasteiger partial charge in [0.05, 0.1) is 0 Å². The standard InChI is InChI=1S/C17H30N2O2/c1-5-15(20)19-11-13-9-7-6-8-12(13)10-14(19)16(21)18-17(2,3)4/h12-14H,5-11H2,1-4H3,(H,18,21)/t12-,13+,14-/m0/s1. The Kier molecular flexibility index (Phi) is 4.95. The van der Waals surface area contributed by atoms with Gasteiger partial charge in [-0.05, 0) is 45.4 Å². The Bertz CT molecular complexity index is 400. The Morgan fingerprint density at radius 3 is 2.33 bits per heavy atom. The van der Waals surface area contributed by atoms with E-state index in [1.165, 1.54) is 25.7 Å². The van der Waals surface area contributed by atoms with E-state index in [-0.39, 0.29) is 23.4 Å². The topological polar surface area (TPSA) is 49.4 Å². The van der Waals surface area contributed by atoms with Crippen molar-refractivity contribution in [2.24, 2.45) is 11.8 Å². The molecule has 1 aliphatic carbocycles. The lowest BCUT2D eigenvalue weighted by Crippen LogP contribution is -2.58. The number of nitrogens with zero attached hydrogens (tertiary/aromatic N) is 1. The fourth-order valence-electron chi connectivity index (χ4n) is 3.81. The zero-order valence-electron chi connectivity index (χ0n) is 13.9. The molecule has 1 heterocycles. The Morgan fingerprint density at radius 1 is 1.14 bits per heavy atom. The molecule has 2 fully saturated rings. The average Bonchev–Trinajstić information content (AvgIpc) is 2.43. The smallest absolute Gasteiger partial charge is 0.243 e. The predicted octanol–water partition coefficient (Wildman–Crippen LogP) is 2.72. The van der Waals surface area contributed by atoms with Crippen molar-refractivity contribution in [2.45, 2.75) is 77.8 Å². The summed E-state index contributed by atoms with van der Waals surface area (Å²) in [5.41, 5.74) is -0.249. The number of fused-ring (bicyclic) bond motifs is 1. The summed E-state index contributed by atoms with van der Waals surface area (Å²) in [5.74, 6) is 1.37. The van der Waals surface area contributed by atoms with Crippen LogP contribution < -0.4 is 5.32 Å². The molecule has 21 heavy (non-hydrogen) atoms. The van der Waals surface area contributed by atoms with E-state index in [4.69, 9.17) is 0 Å². The first kappa shape index (κ1) is 16.3. The number of carbonyl (C=O) groups is 2. The van der Waals surface area contributed by atoms with Gasteiger partial charge in [0.2, 0.25) is 11.8 Å². The van der Waals surface area contributed by atoms with Crippen molar-refractivity contribution in [2.75, 3.05) is 6.54 Å². The van der Waals surface area contributed by atoms with Crippen LogP contribution in [0.2, 0.25) is 0 Å². The third kappa shape index (κ3) is 3.98. The number of rotatable bonds is 2. The minimum Gasteiger partial charge on any atom is -0.350 e. The molecule has 0 spiro atoms. The first-order valence-corrected chi connectivity index (χ1v) is 8.43. The lowest BCUT2D eigenvalue weighted by atomic mass is 9.72. The first-order chi connectivity index (χ1) is 9.81. The van der Waals surface area contributed by atoms with Crippen LogP contribution in [-0.4, -0.2) is 34.8 Å². The Hall–Kier alpha value is -1.06. The third-order valence-electron chi connectivity index (χ3n) is 4.82. The number of amides is 2. The lowest BCUT2D eigenvalue weighted by molar-refractivity contribution is -0.146. The van der Waals surface area contributed by atoms with Gasteiger partial charge in [0, 0.05) is 18.5 Å². The Morgan fingerprint density at radius 2 is 1.76 bits per heavy atom. The molecule has 0 radical (unpaired) electrons. The van der Waals surface area contributed by atoms with Crippen LogP contribution in [0, 0.1) is 11.8 Å². The number of likely N-dealkylation sites (tertiary alicyclic amines) is 1. The molecule has 0 aromatic carbocycles. The van der Waals surface area contributed by atoms with E-state index in [0.717, 1.165) is 13.0 Å². The summed E-state index contributed by atoms with van der Waals surface area (Å²) in [7, 11) is 0. The van der Waals surface area contributed by atoms with Crippen LogP contribution in [0.25, 0.3) is 0 Å². The molecular weight excluding hydrogens is 264 g/mol. The van der Waals surface area contributed by atoms with Gasteiger partial charge in [-0.25, -0.2) is 0 Å². The molecule has 2 rings (SSSR count). The normalized spacial score (nSPS) is 29.7. The van der Waals surface area contributed by atoms with Gasteiger partial charge in [0.1, 0.15) is 6.04 Å². The predicted molar refractivity (Wildman–Crippen MR) is 83.8 cm³/mol. The molecule has 4 heteroatoms. The highest BCUT2D eigenvalue weighted by Crippen LogP contribution is 2.38. The van der Waals surface area contributed by atoms with Crippen LogP contribution in [0.1, 0.15) is 66.2 Å². The summed E-state index contributed by atoms with van der Waals surface area (Å²) in [6, 6.07) is -0.268. The second-order valence-corrected chi connectivity index (χ2v) is 7.70. The van der Waals surface area contributed by atoms with E-state index < -0.39 is 0 Å². The van der Waals surface area contributed by atoms with Gasteiger partial charge in [-0.15, -0.1) is 0 Å². The minimum atomic E-state index is -0.268. The molecule has 2 aliphatic rings. The SMILES string of the molecule is CCC(=O)N1C[C@H]2CCCC[C@H]2C[C@H]1C(=O)NC(C)(C)C. The van der Waals surface area contributed by atoms with Crippen LogP contribution >= 0.6 is 0 Å². The van der Waals surface area contributed by atoms with E-state index in [0.29, 0.717) is 18.3 Å². The van der Waals surface area contributed by atoms with Crippen molar-refractivity contribution in [1.29, 1.82) is 0 Å². The second kappa shape index (κ2) is 6.37. The largest absolute Gasteiger partial charge is 0.350 e. The number of piperidine rings is 1. The molecular formula is C17H30N2O2. The monoisotopic (exact) mass is 294 g/mol. The number of nitrogens with one attached hydrogen (secondary N) is 1. The maximum Gasteiger partial charge on any atom is 0.243 e. The number of hydrogen-bond acceptors (Lipinski definition) is 2. The van der Waals surface area contributed by atoms with Crippen molar-refractivity contribution in [3.63, 3.8) is 0 Å². The molecule has 0 aromatic rings. The van der Waals surface area contributed by atoms with Gasteiger partial charge in [-0.1, -0.05) is 26.2 Å². The quantitative estimate of drug-likeness (QED) is 0.851. The van der Waals surface area contributed by atoms with Crippen LogP contribution in [0.15, 0.2) is 0 Å². The number of hydrogen-bond donors (Lipinski definition) is 1. The zero-order valence-corrected chi connectivity index (χ0v) is 13.9. The Labute approximate surface area is 128 Å². The van der Waals surface area contributed by atoms with Crippen molar-refractivity contribution in [3.05, 3.63) is 0 Å². The molecule has 0 unspecified atom stereocenters. The third-order valence-corrected chi connectivity index (χ3v) is 4.82. The van der Waals surface area contributed by atoms with Crippen molar-refractivity contribution in [1.82, 2.24) is 10.2 Å². The summed E-state index contributed by atoms with van der Waals surface area (Å²) < 4.78 is 0. The molecule has 0 aromatic heterocycles. The van der Waals surface area contributed by atoms with Crippen molar-refractivity contribution in [3.8, 4) is 0 Å². The summed E-state index contributed by atoms with van der Waals surface area (Å²) in [6.07, 6.45) is 6.31. The molecule has 2 amide bonds. The molecule has 0 bridgehead atoms. The van der Waals surface area contributed by atoms with Gasteiger partial charge in [0.25, 0.3) is 0 Å². The molecule has 1 aliphatic heterocycles. The van der Waals surface area contributed by atoms with Gasteiger partial charge in [-0.3, -0.25) is 9.59 Å². The molecule has 1 saturated carbocycles. The van der Waals surface area contributed by atoms with E-state index >= 15 is 0 Å². The molecule has 1 saturated heterocycles. The van der Waals surface area contributed by atoms with Crippen LogP contribution in [0.5, 0.6) is 0 Å². The molecule has 1 N–H and O–H groups in total. The Balaban J connectivity index is 2.14. The van der Waals surface area contributed by atoms with Gasteiger partial charge in [-0.2, -0.15) is 0 Å². The van der Waals surface area contributed by atoms with Crippen molar-refractivity contribution < 1.29 is 9.59 Å². The highest BCUT2D eigenvalue weighted by atomic mass is 16.2. The fraction of sp³-hybridized carbons (Fsp3) is 0.882. The summed E-state index contributed by atoms with van der Waals surface area (Å²) in [5, 5.41) is 3.06. The van der Waals surface area contributed by atoms with Crippen molar-refractivity contribution >= 4 is 11.8 Å². The summed E-state index contributed by atoms with van der Waals surface area (Å²) in [4.78, 5) is 26.7. The maximum atomic E-state index is 12.6. The van der Waals surface area contributed by atoms with E-state index in [2.05, 4.69) is 5.32 Å². The zero-order chi connectivity index (χ0) is 15.6. The average molecular weight is 294 g/mol. The van der Waals surface area contributed by atoms with Crippen LogP contribution in [0.3, 0.4) is 0 Å². The van der Waals surface area contributed by atoms with Gasteiger partial charge in [0.15, 0.2) is 0 Å². The molecule has 120 valence electrons. The van der Waals surface area contributed by atoms with Crippen LogP contribution in [0.4, 0.5) is 0 Å².